The standard InChI is InChI=1S/C12H8Br2O3S2/c1-17-10(15)4-6-2-3-8(18-6)11(16)9-5-7(13)12(14)19-9/h2-3,5H,4H2,1H3. The van der Waals surface area contributed by atoms with Crippen LogP contribution in [0.15, 0.2) is 26.5 Å². The zero-order valence-electron chi connectivity index (χ0n) is 9.74. The highest BCUT2D eigenvalue weighted by Gasteiger charge is 2.17. The molecule has 2 rings (SSSR count). The van der Waals surface area contributed by atoms with Gasteiger partial charge in [0.05, 0.1) is 27.1 Å². The third-order valence-corrected chi connectivity index (χ3v) is 6.64. The fourth-order valence-electron chi connectivity index (χ4n) is 1.39. The number of ether oxygens (including phenoxy) is 1. The number of ketones is 1. The van der Waals surface area contributed by atoms with Gasteiger partial charge in [-0.15, -0.1) is 22.7 Å². The van der Waals surface area contributed by atoms with Crippen LogP contribution in [0.4, 0.5) is 0 Å². The summed E-state index contributed by atoms with van der Waals surface area (Å²) in [6, 6.07) is 5.32. The highest BCUT2D eigenvalue weighted by atomic mass is 79.9. The molecule has 0 aliphatic rings. The molecule has 0 aromatic carbocycles. The first-order chi connectivity index (χ1) is 9.01. The Kier molecular flexibility index (Phi) is 4.94. The summed E-state index contributed by atoms with van der Waals surface area (Å²) in [6.07, 6.45) is 0.201. The zero-order chi connectivity index (χ0) is 14.0. The predicted molar refractivity (Wildman–Crippen MR) is 83.2 cm³/mol. The molecule has 2 heterocycles. The van der Waals surface area contributed by atoms with E-state index in [0.717, 1.165) is 13.1 Å². The van der Waals surface area contributed by atoms with Gasteiger partial charge in [0.1, 0.15) is 0 Å². The van der Waals surface area contributed by atoms with Crippen LogP contribution in [0, 0.1) is 0 Å². The minimum absolute atomic E-state index is 0.0301. The van der Waals surface area contributed by atoms with E-state index in [-0.39, 0.29) is 18.2 Å². The van der Waals surface area contributed by atoms with Crippen molar-refractivity contribution >= 4 is 66.3 Å². The third kappa shape index (κ3) is 3.53. The molecule has 0 bridgehead atoms. The molecule has 0 saturated carbocycles. The molecule has 0 atom stereocenters. The lowest BCUT2D eigenvalue weighted by Gasteiger charge is -1.95. The zero-order valence-corrected chi connectivity index (χ0v) is 14.5. The van der Waals surface area contributed by atoms with Crippen LogP contribution < -0.4 is 0 Å². The molecule has 0 radical (unpaired) electrons. The number of carbonyl (C=O) groups excluding carboxylic acids is 2. The minimum Gasteiger partial charge on any atom is -0.469 e. The molecule has 0 fully saturated rings. The van der Waals surface area contributed by atoms with E-state index in [1.165, 1.54) is 29.8 Å². The number of esters is 1. The molecule has 19 heavy (non-hydrogen) atoms. The first kappa shape index (κ1) is 14.9. The lowest BCUT2D eigenvalue weighted by atomic mass is 10.2. The number of hydrogen-bond donors (Lipinski definition) is 0. The maximum atomic E-state index is 12.2. The van der Waals surface area contributed by atoms with Gasteiger partial charge in [-0.3, -0.25) is 9.59 Å². The van der Waals surface area contributed by atoms with E-state index < -0.39 is 0 Å². The Hall–Kier alpha value is -0.500. The molecule has 100 valence electrons. The van der Waals surface area contributed by atoms with Crippen LogP contribution in [-0.2, 0) is 16.0 Å². The van der Waals surface area contributed by atoms with Crippen molar-refractivity contribution in [2.75, 3.05) is 7.11 Å². The Morgan fingerprint density at radius 1 is 1.21 bits per heavy atom. The van der Waals surface area contributed by atoms with Crippen LogP contribution in [0.3, 0.4) is 0 Å². The van der Waals surface area contributed by atoms with Gasteiger partial charge in [0.15, 0.2) is 0 Å². The SMILES string of the molecule is COC(=O)Cc1ccc(C(=O)c2cc(Br)c(Br)s2)s1. The first-order valence-corrected chi connectivity index (χ1v) is 8.38. The number of thiophene rings is 2. The second-order valence-corrected chi connectivity index (χ2v) is 7.97. The summed E-state index contributed by atoms with van der Waals surface area (Å²) >= 11 is 9.42. The molecule has 0 spiro atoms. The van der Waals surface area contributed by atoms with Crippen LogP contribution in [0.25, 0.3) is 0 Å². The van der Waals surface area contributed by atoms with Gasteiger partial charge in [-0.1, -0.05) is 0 Å². The van der Waals surface area contributed by atoms with E-state index in [1.807, 2.05) is 0 Å². The van der Waals surface area contributed by atoms with Gasteiger partial charge < -0.3 is 4.74 Å². The Morgan fingerprint density at radius 2 is 1.95 bits per heavy atom. The Morgan fingerprint density at radius 3 is 2.53 bits per heavy atom. The highest BCUT2D eigenvalue weighted by Crippen LogP contribution is 2.34. The molecule has 0 amide bonds. The number of methoxy groups -OCH3 is 1. The van der Waals surface area contributed by atoms with Crippen molar-refractivity contribution in [2.45, 2.75) is 6.42 Å². The molecule has 0 N–H and O–H groups in total. The second-order valence-electron chi connectivity index (χ2n) is 3.58. The summed E-state index contributed by atoms with van der Waals surface area (Å²) in [5.41, 5.74) is 0. The molecule has 0 aliphatic carbocycles. The van der Waals surface area contributed by atoms with Crippen molar-refractivity contribution in [1.29, 1.82) is 0 Å². The van der Waals surface area contributed by atoms with Gasteiger partial charge in [0, 0.05) is 9.35 Å². The topological polar surface area (TPSA) is 43.4 Å². The molecule has 0 aliphatic heterocycles. The van der Waals surface area contributed by atoms with Gasteiger partial charge in [-0.2, -0.15) is 0 Å². The predicted octanol–water partition coefficient (Wildman–Crippen LogP) is 4.28. The van der Waals surface area contributed by atoms with Crippen LogP contribution in [-0.4, -0.2) is 18.9 Å². The highest BCUT2D eigenvalue weighted by molar-refractivity contribution is 9.13. The van der Waals surface area contributed by atoms with Crippen molar-refractivity contribution in [3.63, 3.8) is 0 Å². The summed E-state index contributed by atoms with van der Waals surface area (Å²) in [6.45, 7) is 0. The van der Waals surface area contributed by atoms with Crippen molar-refractivity contribution in [2.24, 2.45) is 0 Å². The fraction of sp³-hybridized carbons (Fsp3) is 0.167. The Labute approximate surface area is 134 Å². The number of halogens is 2. The average molecular weight is 424 g/mol. The summed E-state index contributed by atoms with van der Waals surface area (Å²) in [5.74, 6) is -0.333. The summed E-state index contributed by atoms with van der Waals surface area (Å²) in [7, 11) is 1.35. The van der Waals surface area contributed by atoms with Gasteiger partial charge in [0.25, 0.3) is 0 Å². The summed E-state index contributed by atoms with van der Waals surface area (Å²) < 4.78 is 6.36. The second kappa shape index (κ2) is 6.30. The monoisotopic (exact) mass is 422 g/mol. The Bertz CT molecular complexity index is 611. The van der Waals surface area contributed by atoms with E-state index in [1.54, 1.807) is 18.2 Å². The maximum Gasteiger partial charge on any atom is 0.310 e. The lowest BCUT2D eigenvalue weighted by Crippen LogP contribution is -2.02. The Balaban J connectivity index is 2.18. The van der Waals surface area contributed by atoms with Crippen molar-refractivity contribution in [3.8, 4) is 0 Å². The van der Waals surface area contributed by atoms with E-state index >= 15 is 0 Å². The molecule has 3 nitrogen and oxygen atoms in total. The third-order valence-electron chi connectivity index (χ3n) is 2.30. The van der Waals surface area contributed by atoms with Gasteiger partial charge in [-0.05, 0) is 50.1 Å². The number of carbonyl (C=O) groups is 2. The molecular formula is C12H8Br2O3S2. The van der Waals surface area contributed by atoms with Crippen LogP contribution in [0.5, 0.6) is 0 Å². The quantitative estimate of drug-likeness (QED) is 0.544. The maximum absolute atomic E-state index is 12.2. The molecule has 2 aromatic rings. The summed E-state index contributed by atoms with van der Waals surface area (Å²) in [5, 5.41) is 0. The van der Waals surface area contributed by atoms with Crippen LogP contribution in [0.2, 0.25) is 0 Å². The van der Waals surface area contributed by atoms with Gasteiger partial charge in [0.2, 0.25) is 5.78 Å². The van der Waals surface area contributed by atoms with Crippen molar-refractivity contribution in [1.82, 2.24) is 0 Å². The van der Waals surface area contributed by atoms with E-state index in [0.29, 0.717) is 9.75 Å². The molecule has 0 unspecified atom stereocenters. The molecule has 2 aromatic heterocycles. The van der Waals surface area contributed by atoms with Crippen LogP contribution in [0.1, 0.15) is 19.4 Å². The normalized spacial score (nSPS) is 10.5. The number of hydrogen-bond acceptors (Lipinski definition) is 5. The van der Waals surface area contributed by atoms with Crippen molar-refractivity contribution in [3.05, 3.63) is 41.1 Å². The molecule has 7 heteroatoms. The van der Waals surface area contributed by atoms with Crippen LogP contribution >= 0.6 is 54.5 Å². The first-order valence-electron chi connectivity index (χ1n) is 5.16. The van der Waals surface area contributed by atoms with Crippen molar-refractivity contribution < 1.29 is 14.3 Å². The van der Waals surface area contributed by atoms with E-state index in [4.69, 9.17) is 0 Å². The number of rotatable bonds is 4. The van der Waals surface area contributed by atoms with Gasteiger partial charge >= 0.3 is 5.97 Å². The average Bonchev–Trinajstić information content (AvgIpc) is 2.96. The minimum atomic E-state index is -0.303. The van der Waals surface area contributed by atoms with Gasteiger partial charge in [-0.25, -0.2) is 0 Å². The smallest absolute Gasteiger partial charge is 0.310 e. The largest absolute Gasteiger partial charge is 0.469 e. The summed E-state index contributed by atoms with van der Waals surface area (Å²) in [4.78, 5) is 25.5. The molecule has 0 saturated heterocycles. The fourth-order valence-corrected chi connectivity index (χ4v) is 4.39. The van der Waals surface area contributed by atoms with E-state index in [9.17, 15) is 9.59 Å². The lowest BCUT2D eigenvalue weighted by molar-refractivity contribution is -0.139. The van der Waals surface area contributed by atoms with E-state index in [2.05, 4.69) is 36.6 Å². The molecular weight excluding hydrogens is 416 g/mol.